The molecule has 3 aliphatic rings. The maximum atomic E-state index is 14.3. The number of hydrogen-bond donors (Lipinski definition) is 1. The standard InChI is InChI=1S/C35H40BrN9O3/c1-21(46)32-25-13-26(24-16-37-22(2)38-17-24)39-18-28(25)44(42-32)19-31(47)45-27-14-35(15-29(35)45)20-43(3)12-8-6-4-5-7-9-23-10-11-30(36)40-33(23)41-34(27)48/h10-11,13,16-18,27,29H,4-9,12,14-15,19-20H2,1-3H3,(H,40,41,48)/t27-,29+,35-/m0/s1. The molecular weight excluding hydrogens is 674 g/mol. The second kappa shape index (κ2) is 13.1. The van der Waals surface area contributed by atoms with Gasteiger partial charge in [-0.3, -0.25) is 24.0 Å². The third-order valence-electron chi connectivity index (χ3n) is 10.1. The van der Waals surface area contributed by atoms with E-state index in [9.17, 15) is 14.4 Å². The highest BCUT2D eigenvalue weighted by Crippen LogP contribution is 2.60. The molecule has 1 spiro atoms. The van der Waals surface area contributed by atoms with Crippen LogP contribution in [-0.2, 0) is 22.6 Å². The molecule has 13 heteroatoms. The van der Waals surface area contributed by atoms with E-state index in [4.69, 9.17) is 0 Å². The third kappa shape index (κ3) is 6.37. The number of carbonyl (C=O) groups is 3. The van der Waals surface area contributed by atoms with Gasteiger partial charge in [0, 0.05) is 48.3 Å². The molecule has 3 atom stereocenters. The summed E-state index contributed by atoms with van der Waals surface area (Å²) in [5, 5.41) is 8.31. The van der Waals surface area contributed by atoms with E-state index in [1.165, 1.54) is 19.8 Å². The summed E-state index contributed by atoms with van der Waals surface area (Å²) in [4.78, 5) is 63.0. The monoisotopic (exact) mass is 713 g/mol. The van der Waals surface area contributed by atoms with Gasteiger partial charge >= 0.3 is 0 Å². The lowest BCUT2D eigenvalue weighted by Crippen LogP contribution is -2.47. The summed E-state index contributed by atoms with van der Waals surface area (Å²) in [6.07, 6.45) is 12.9. The fourth-order valence-electron chi connectivity index (χ4n) is 7.60. The zero-order chi connectivity index (χ0) is 33.6. The SMILES string of the molecule is CC(=O)c1nn(CC(=O)N2[C@H]3C[C@]4(C[C@@H]24)CN(C)CCCCCCCc2ccc(Br)nc2NC3=O)c2cnc(-c3cnc(C)nc3)cc12. The second-order valence-electron chi connectivity index (χ2n) is 13.7. The van der Waals surface area contributed by atoms with Crippen molar-refractivity contribution < 1.29 is 14.4 Å². The van der Waals surface area contributed by atoms with Crippen molar-refractivity contribution in [3.8, 4) is 11.3 Å². The molecule has 0 unspecified atom stereocenters. The predicted molar refractivity (Wildman–Crippen MR) is 184 cm³/mol. The van der Waals surface area contributed by atoms with Crippen LogP contribution in [-0.4, -0.2) is 89.3 Å². The number of aromatic nitrogens is 6. The van der Waals surface area contributed by atoms with Crippen LogP contribution < -0.4 is 5.32 Å². The number of rotatable bonds is 4. The maximum absolute atomic E-state index is 14.3. The van der Waals surface area contributed by atoms with Crippen LogP contribution in [0.25, 0.3) is 22.2 Å². The van der Waals surface area contributed by atoms with E-state index in [2.05, 4.69) is 58.2 Å². The van der Waals surface area contributed by atoms with Crippen LogP contribution in [0, 0.1) is 12.3 Å². The number of nitrogens with zero attached hydrogens (tertiary/aromatic N) is 8. The van der Waals surface area contributed by atoms with Crippen molar-refractivity contribution in [1.29, 1.82) is 0 Å². The van der Waals surface area contributed by atoms with Crippen molar-refractivity contribution in [2.75, 3.05) is 25.5 Å². The molecule has 2 aliphatic heterocycles. The summed E-state index contributed by atoms with van der Waals surface area (Å²) < 4.78 is 2.19. The number of hydrogen-bond acceptors (Lipinski definition) is 9. The van der Waals surface area contributed by atoms with E-state index in [1.807, 2.05) is 19.1 Å². The number of Topliss-reactive ketones (excluding diaryl/α,β-unsaturated/α-hetero) is 1. The number of carbonyl (C=O) groups excluding carboxylic acids is 3. The highest BCUT2D eigenvalue weighted by atomic mass is 79.9. The Morgan fingerprint density at radius 2 is 1.81 bits per heavy atom. The third-order valence-corrected chi connectivity index (χ3v) is 10.5. The molecule has 4 aromatic rings. The van der Waals surface area contributed by atoms with E-state index in [0.29, 0.717) is 44.8 Å². The number of amides is 2. The number of nitrogens with one attached hydrogen (secondary N) is 1. The molecule has 1 saturated carbocycles. The van der Waals surface area contributed by atoms with Gasteiger partial charge in [-0.1, -0.05) is 25.3 Å². The predicted octanol–water partition coefficient (Wildman–Crippen LogP) is 4.99. The average Bonchev–Trinajstić information content (AvgIpc) is 3.45. The number of aryl methyl sites for hydroxylation is 2. The molecule has 1 N–H and O–H groups in total. The number of anilines is 1. The average molecular weight is 715 g/mol. The molecule has 2 amide bonds. The summed E-state index contributed by atoms with van der Waals surface area (Å²) in [6.45, 7) is 4.98. The van der Waals surface area contributed by atoms with Crippen LogP contribution >= 0.6 is 15.9 Å². The highest BCUT2D eigenvalue weighted by molar-refractivity contribution is 9.10. The molecule has 6 heterocycles. The van der Waals surface area contributed by atoms with Crippen molar-refractivity contribution in [2.24, 2.45) is 5.41 Å². The Morgan fingerprint density at radius 1 is 1.04 bits per heavy atom. The quantitative estimate of drug-likeness (QED) is 0.229. The smallest absolute Gasteiger partial charge is 0.248 e. The zero-order valence-corrected chi connectivity index (χ0v) is 29.2. The van der Waals surface area contributed by atoms with Gasteiger partial charge in [0.25, 0.3) is 0 Å². The highest BCUT2D eigenvalue weighted by Gasteiger charge is 2.67. The van der Waals surface area contributed by atoms with E-state index in [0.717, 1.165) is 50.8 Å². The number of ketones is 1. The molecule has 1 aliphatic carbocycles. The Morgan fingerprint density at radius 3 is 2.60 bits per heavy atom. The van der Waals surface area contributed by atoms with Crippen LogP contribution in [0.2, 0.25) is 0 Å². The molecule has 4 aromatic heterocycles. The molecule has 2 bridgehead atoms. The minimum Gasteiger partial charge on any atom is -0.325 e. The molecule has 12 nitrogen and oxygen atoms in total. The first-order chi connectivity index (χ1) is 23.1. The number of halogens is 1. The first kappa shape index (κ1) is 32.4. The van der Waals surface area contributed by atoms with Crippen LogP contribution in [0.4, 0.5) is 5.82 Å². The van der Waals surface area contributed by atoms with E-state index < -0.39 is 6.04 Å². The molecule has 7 rings (SSSR count). The van der Waals surface area contributed by atoms with Gasteiger partial charge in [-0.25, -0.2) is 15.0 Å². The topological polar surface area (TPSA) is 139 Å². The van der Waals surface area contributed by atoms with Gasteiger partial charge in [-0.05, 0) is 86.2 Å². The Balaban J connectivity index is 1.20. The Hall–Kier alpha value is -4.10. The molecule has 0 radical (unpaired) electrons. The normalized spacial score (nSPS) is 23.4. The van der Waals surface area contributed by atoms with E-state index in [1.54, 1.807) is 34.2 Å². The molecular formula is C35H40BrN9O3. The van der Waals surface area contributed by atoms with Gasteiger partial charge in [0.2, 0.25) is 11.8 Å². The van der Waals surface area contributed by atoms with Gasteiger partial charge in [0.15, 0.2) is 5.78 Å². The first-order valence-corrected chi connectivity index (χ1v) is 17.5. The summed E-state index contributed by atoms with van der Waals surface area (Å²) in [5.74, 6) is 0.544. The largest absolute Gasteiger partial charge is 0.325 e. The van der Waals surface area contributed by atoms with Crippen LogP contribution in [0.1, 0.15) is 73.7 Å². The lowest BCUT2D eigenvalue weighted by atomic mass is 9.98. The van der Waals surface area contributed by atoms with Crippen molar-refractivity contribution in [1.82, 2.24) is 39.5 Å². The minimum absolute atomic E-state index is 0.0470. The Labute approximate surface area is 287 Å². The van der Waals surface area contributed by atoms with Crippen LogP contribution in [0.5, 0.6) is 0 Å². The van der Waals surface area contributed by atoms with Crippen molar-refractivity contribution in [3.05, 3.63) is 58.5 Å². The number of pyridine rings is 2. The number of likely N-dealkylation sites (tertiary alicyclic amines) is 1. The van der Waals surface area contributed by atoms with E-state index >= 15 is 0 Å². The lowest BCUT2D eigenvalue weighted by molar-refractivity contribution is -0.138. The van der Waals surface area contributed by atoms with Crippen molar-refractivity contribution in [3.63, 3.8) is 0 Å². The fourth-order valence-corrected chi connectivity index (χ4v) is 7.91. The summed E-state index contributed by atoms with van der Waals surface area (Å²) in [6, 6.07) is 5.02. The number of piperidine rings is 1. The fraction of sp³-hybridized carbons (Fsp3) is 0.486. The van der Waals surface area contributed by atoms with Gasteiger partial charge < -0.3 is 15.1 Å². The Bertz CT molecular complexity index is 1890. The lowest BCUT2D eigenvalue weighted by Gasteiger charge is -2.27. The summed E-state index contributed by atoms with van der Waals surface area (Å²) in [7, 11) is 2.15. The van der Waals surface area contributed by atoms with Gasteiger partial charge in [-0.15, -0.1) is 0 Å². The van der Waals surface area contributed by atoms with Crippen LogP contribution in [0.3, 0.4) is 0 Å². The first-order valence-electron chi connectivity index (χ1n) is 16.7. The van der Waals surface area contributed by atoms with Gasteiger partial charge in [0.05, 0.1) is 17.4 Å². The molecule has 1 saturated heterocycles. The summed E-state index contributed by atoms with van der Waals surface area (Å²) in [5.41, 5.74) is 3.01. The molecule has 48 heavy (non-hydrogen) atoms. The minimum atomic E-state index is -0.647. The zero-order valence-electron chi connectivity index (χ0n) is 27.6. The van der Waals surface area contributed by atoms with Crippen LogP contribution in [0.15, 0.2) is 41.4 Å². The summed E-state index contributed by atoms with van der Waals surface area (Å²) >= 11 is 3.47. The molecule has 0 aromatic carbocycles. The van der Waals surface area contributed by atoms with Crippen molar-refractivity contribution >= 4 is 50.2 Å². The van der Waals surface area contributed by atoms with Gasteiger partial charge in [-0.2, -0.15) is 5.10 Å². The van der Waals surface area contributed by atoms with Gasteiger partial charge in [0.1, 0.15) is 34.5 Å². The van der Waals surface area contributed by atoms with Crippen molar-refractivity contribution in [2.45, 2.75) is 83.8 Å². The second-order valence-corrected chi connectivity index (χ2v) is 14.5. The Kier molecular flexibility index (Phi) is 8.84. The van der Waals surface area contributed by atoms with E-state index in [-0.39, 0.29) is 41.3 Å². The molecule has 2 fully saturated rings. The number of fused-ring (bicyclic) bond motifs is 3. The molecule has 250 valence electrons. The maximum Gasteiger partial charge on any atom is 0.248 e.